The van der Waals surface area contributed by atoms with Crippen molar-refractivity contribution in [2.45, 2.75) is 19.1 Å². The van der Waals surface area contributed by atoms with E-state index in [0.29, 0.717) is 30.8 Å². The number of anilines is 1. The lowest BCUT2D eigenvalue weighted by Gasteiger charge is -2.18. The van der Waals surface area contributed by atoms with Crippen LogP contribution in [0.25, 0.3) is 11.1 Å². The first-order valence-corrected chi connectivity index (χ1v) is 12.6. The molecule has 1 atom stereocenters. The van der Waals surface area contributed by atoms with Crippen LogP contribution in [-0.2, 0) is 13.7 Å². The number of aryl methyl sites for hydroxylation is 1. The second-order valence-electron chi connectivity index (χ2n) is 9.51. The average molecular weight is 542 g/mol. The second kappa shape index (κ2) is 11.2. The molecule has 1 saturated heterocycles. The van der Waals surface area contributed by atoms with Gasteiger partial charge >= 0.3 is 0 Å². The Balaban J connectivity index is 1.15. The van der Waals surface area contributed by atoms with E-state index in [1.807, 2.05) is 13.2 Å². The SMILES string of the molecule is Cn1cc(-c2cnc(N)c(C(=O)N[C@@H]3CCN(C(=O)c4ccc(OCc5ccc([N+](=O)[O-])cc5)cc4)C3)c2)cn1. The zero-order chi connectivity index (χ0) is 28.2. The van der Waals surface area contributed by atoms with Crippen LogP contribution in [0.3, 0.4) is 0 Å². The quantitative estimate of drug-likeness (QED) is 0.254. The van der Waals surface area contributed by atoms with Gasteiger partial charge in [-0.3, -0.25) is 24.4 Å². The number of carbonyl (C=O) groups is 2. The topological polar surface area (TPSA) is 159 Å². The van der Waals surface area contributed by atoms with Crippen LogP contribution < -0.4 is 15.8 Å². The van der Waals surface area contributed by atoms with E-state index in [-0.39, 0.29) is 41.5 Å². The van der Waals surface area contributed by atoms with Crippen molar-refractivity contribution in [2.75, 3.05) is 18.8 Å². The van der Waals surface area contributed by atoms with Crippen LogP contribution in [-0.4, -0.2) is 55.5 Å². The summed E-state index contributed by atoms with van der Waals surface area (Å²) < 4.78 is 7.41. The van der Waals surface area contributed by atoms with Gasteiger partial charge in [-0.05, 0) is 54.4 Å². The molecule has 2 aromatic carbocycles. The van der Waals surface area contributed by atoms with Crippen LogP contribution in [0.2, 0.25) is 0 Å². The molecule has 12 nitrogen and oxygen atoms in total. The van der Waals surface area contributed by atoms with Crippen molar-refractivity contribution < 1.29 is 19.2 Å². The number of pyridine rings is 1. The van der Waals surface area contributed by atoms with E-state index >= 15 is 0 Å². The summed E-state index contributed by atoms with van der Waals surface area (Å²) >= 11 is 0. The molecule has 204 valence electrons. The van der Waals surface area contributed by atoms with Gasteiger partial charge in [0.05, 0.1) is 16.7 Å². The summed E-state index contributed by atoms with van der Waals surface area (Å²) in [7, 11) is 1.81. The molecule has 1 fully saturated rings. The van der Waals surface area contributed by atoms with Gasteiger partial charge in [-0.1, -0.05) is 0 Å². The third kappa shape index (κ3) is 5.90. The van der Waals surface area contributed by atoms with Gasteiger partial charge in [-0.15, -0.1) is 0 Å². The number of nitro benzene ring substituents is 1. The number of nitro groups is 1. The van der Waals surface area contributed by atoms with Crippen molar-refractivity contribution in [1.82, 2.24) is 25.0 Å². The highest BCUT2D eigenvalue weighted by atomic mass is 16.6. The molecule has 4 aromatic rings. The van der Waals surface area contributed by atoms with Gasteiger partial charge in [0.1, 0.15) is 18.2 Å². The van der Waals surface area contributed by atoms with E-state index < -0.39 is 4.92 Å². The Morgan fingerprint density at radius 3 is 2.55 bits per heavy atom. The minimum atomic E-state index is -0.451. The maximum Gasteiger partial charge on any atom is 0.269 e. The van der Waals surface area contributed by atoms with Gasteiger partial charge in [0.15, 0.2) is 0 Å². The van der Waals surface area contributed by atoms with E-state index in [1.54, 1.807) is 64.4 Å². The maximum atomic E-state index is 13.1. The number of nitrogens with one attached hydrogen (secondary N) is 1. The van der Waals surface area contributed by atoms with Crippen molar-refractivity contribution >= 4 is 23.3 Å². The molecule has 0 spiro atoms. The average Bonchev–Trinajstić information content (AvgIpc) is 3.61. The minimum absolute atomic E-state index is 0.0199. The van der Waals surface area contributed by atoms with Gasteiger partial charge in [-0.25, -0.2) is 4.98 Å². The van der Waals surface area contributed by atoms with Gasteiger partial charge < -0.3 is 20.7 Å². The Hall–Kier alpha value is -5.26. The highest BCUT2D eigenvalue weighted by Crippen LogP contribution is 2.23. The first kappa shape index (κ1) is 26.4. The molecule has 12 heteroatoms. The van der Waals surface area contributed by atoms with Crippen molar-refractivity contribution in [2.24, 2.45) is 7.05 Å². The minimum Gasteiger partial charge on any atom is -0.489 e. The molecule has 0 saturated carbocycles. The summed E-state index contributed by atoms with van der Waals surface area (Å²) in [5, 5.41) is 17.9. The van der Waals surface area contributed by atoms with E-state index in [1.165, 1.54) is 12.1 Å². The van der Waals surface area contributed by atoms with Crippen LogP contribution in [0.4, 0.5) is 11.5 Å². The lowest BCUT2D eigenvalue weighted by atomic mass is 10.1. The number of carbonyl (C=O) groups excluding carboxylic acids is 2. The number of nitrogen functional groups attached to an aromatic ring is 1. The summed E-state index contributed by atoms with van der Waals surface area (Å²) in [6, 6.07) is 14.4. The van der Waals surface area contributed by atoms with Crippen molar-refractivity contribution in [3.05, 3.63) is 100.0 Å². The predicted molar refractivity (Wildman–Crippen MR) is 146 cm³/mol. The molecule has 5 rings (SSSR count). The third-order valence-electron chi connectivity index (χ3n) is 6.67. The van der Waals surface area contributed by atoms with Crippen molar-refractivity contribution in [3.63, 3.8) is 0 Å². The summed E-state index contributed by atoms with van der Waals surface area (Å²) in [4.78, 5) is 42.3. The normalized spacial score (nSPS) is 14.6. The molecule has 2 amide bonds. The number of aromatic nitrogens is 3. The van der Waals surface area contributed by atoms with Crippen LogP contribution in [0.15, 0.2) is 73.2 Å². The van der Waals surface area contributed by atoms with Crippen molar-refractivity contribution in [1.29, 1.82) is 0 Å². The molecular weight excluding hydrogens is 514 g/mol. The van der Waals surface area contributed by atoms with Crippen LogP contribution in [0, 0.1) is 10.1 Å². The number of benzene rings is 2. The third-order valence-corrected chi connectivity index (χ3v) is 6.67. The van der Waals surface area contributed by atoms with E-state index in [9.17, 15) is 19.7 Å². The lowest BCUT2D eigenvalue weighted by Crippen LogP contribution is -2.38. The molecule has 40 heavy (non-hydrogen) atoms. The Bertz CT molecular complexity index is 1550. The molecule has 2 aromatic heterocycles. The molecule has 0 aliphatic carbocycles. The number of rotatable bonds is 8. The summed E-state index contributed by atoms with van der Waals surface area (Å²) in [6.45, 7) is 1.12. The van der Waals surface area contributed by atoms with Crippen LogP contribution in [0.1, 0.15) is 32.7 Å². The molecule has 1 aliphatic heterocycles. The Kier molecular flexibility index (Phi) is 7.40. The number of hydrogen-bond donors (Lipinski definition) is 2. The molecule has 0 radical (unpaired) electrons. The van der Waals surface area contributed by atoms with Crippen LogP contribution >= 0.6 is 0 Å². The maximum absolute atomic E-state index is 13.1. The largest absolute Gasteiger partial charge is 0.489 e. The Morgan fingerprint density at radius 1 is 1.12 bits per heavy atom. The summed E-state index contributed by atoms with van der Waals surface area (Å²) in [5.74, 6) is 0.219. The highest BCUT2D eigenvalue weighted by molar-refractivity contribution is 6.00. The lowest BCUT2D eigenvalue weighted by molar-refractivity contribution is -0.384. The number of likely N-dealkylation sites (tertiary alicyclic amines) is 1. The molecule has 3 N–H and O–H groups in total. The fraction of sp³-hybridized carbons (Fsp3) is 0.214. The first-order chi connectivity index (χ1) is 19.3. The van der Waals surface area contributed by atoms with Gasteiger partial charge in [0.2, 0.25) is 0 Å². The molecular formula is C28H27N7O5. The number of nitrogens with two attached hydrogens (primary N) is 1. The second-order valence-corrected chi connectivity index (χ2v) is 9.51. The van der Waals surface area contributed by atoms with E-state index in [2.05, 4.69) is 15.4 Å². The number of amides is 2. The smallest absolute Gasteiger partial charge is 0.269 e. The van der Waals surface area contributed by atoms with Crippen LogP contribution in [0.5, 0.6) is 5.75 Å². The highest BCUT2D eigenvalue weighted by Gasteiger charge is 2.29. The van der Waals surface area contributed by atoms with Gasteiger partial charge in [0, 0.05) is 67.4 Å². The first-order valence-electron chi connectivity index (χ1n) is 12.6. The Morgan fingerprint density at radius 2 is 1.88 bits per heavy atom. The number of hydrogen-bond acceptors (Lipinski definition) is 8. The zero-order valence-corrected chi connectivity index (χ0v) is 21.7. The number of non-ortho nitro benzene ring substituents is 1. The zero-order valence-electron chi connectivity index (χ0n) is 21.7. The van der Waals surface area contributed by atoms with Crippen molar-refractivity contribution in [3.8, 4) is 16.9 Å². The standard InChI is InChI=1S/C28H27N7O5/c1-33-15-21(14-31-33)20-12-25(26(29)30-13-20)27(36)32-22-10-11-34(16-22)28(37)19-4-8-24(9-5-19)40-17-18-2-6-23(7-3-18)35(38)39/h2-9,12-15,22H,10-11,16-17H2,1H3,(H2,29,30)(H,32,36)/t22-/m1/s1. The number of nitrogens with zero attached hydrogens (tertiary/aromatic N) is 5. The predicted octanol–water partition coefficient (Wildman–Crippen LogP) is 3.20. The van der Waals surface area contributed by atoms with E-state index in [0.717, 1.165) is 16.7 Å². The summed E-state index contributed by atoms with van der Waals surface area (Å²) in [5.41, 5.74) is 9.14. The van der Waals surface area contributed by atoms with E-state index in [4.69, 9.17) is 10.5 Å². The van der Waals surface area contributed by atoms with Gasteiger partial charge in [0.25, 0.3) is 17.5 Å². The number of ether oxygens (including phenoxy) is 1. The fourth-order valence-electron chi connectivity index (χ4n) is 4.47. The molecule has 0 unspecified atom stereocenters. The summed E-state index contributed by atoms with van der Waals surface area (Å²) in [6.07, 6.45) is 5.73. The fourth-order valence-corrected chi connectivity index (χ4v) is 4.47. The Labute approximate surface area is 229 Å². The van der Waals surface area contributed by atoms with Gasteiger partial charge in [-0.2, -0.15) is 5.10 Å². The molecule has 0 bridgehead atoms. The molecule has 3 heterocycles. The monoisotopic (exact) mass is 541 g/mol. The molecule has 1 aliphatic rings.